The number of aromatic nitrogens is 2. The molecule has 1 heterocycles. The molecule has 94 valence electrons. The Morgan fingerprint density at radius 3 is 2.94 bits per heavy atom. The van der Waals surface area contributed by atoms with Gasteiger partial charge >= 0.3 is 0 Å². The van der Waals surface area contributed by atoms with E-state index >= 15 is 0 Å². The fraction of sp³-hybridized carbons (Fsp3) is 0.0909. The van der Waals surface area contributed by atoms with Crippen molar-refractivity contribution < 1.29 is 9.13 Å². The molecule has 0 radical (unpaired) electrons. The summed E-state index contributed by atoms with van der Waals surface area (Å²) in [5, 5.41) is -0.0172. The van der Waals surface area contributed by atoms with Crippen LogP contribution in [0.5, 0.6) is 11.6 Å². The fourth-order valence-electron chi connectivity index (χ4n) is 1.27. The monoisotopic (exact) mass is 268 g/mol. The van der Waals surface area contributed by atoms with Crippen LogP contribution in [0.2, 0.25) is 5.02 Å². The Morgan fingerprint density at radius 2 is 2.22 bits per heavy atom. The fourth-order valence-corrected chi connectivity index (χ4v) is 1.43. The second kappa shape index (κ2) is 5.16. The van der Waals surface area contributed by atoms with E-state index in [0.29, 0.717) is 5.56 Å². The van der Waals surface area contributed by atoms with Crippen LogP contribution < -0.4 is 16.0 Å². The smallest absolute Gasteiger partial charge is 0.240 e. The lowest BCUT2D eigenvalue weighted by atomic mass is 10.3. The summed E-state index contributed by atoms with van der Waals surface area (Å²) in [5.41, 5.74) is 2.93. The van der Waals surface area contributed by atoms with Crippen LogP contribution in [0.4, 0.5) is 10.3 Å². The minimum Gasteiger partial charge on any atom is -0.435 e. The largest absolute Gasteiger partial charge is 0.435 e. The summed E-state index contributed by atoms with van der Waals surface area (Å²) in [6.07, 6.45) is 1.51. The van der Waals surface area contributed by atoms with Gasteiger partial charge in [-0.25, -0.2) is 15.2 Å². The second-order valence-electron chi connectivity index (χ2n) is 3.48. The van der Waals surface area contributed by atoms with Gasteiger partial charge in [-0.05, 0) is 19.1 Å². The zero-order valence-corrected chi connectivity index (χ0v) is 10.2. The van der Waals surface area contributed by atoms with Crippen molar-refractivity contribution >= 4 is 17.5 Å². The topological polar surface area (TPSA) is 73.1 Å². The van der Waals surface area contributed by atoms with E-state index in [4.69, 9.17) is 22.2 Å². The maximum Gasteiger partial charge on any atom is 0.240 e. The van der Waals surface area contributed by atoms with Gasteiger partial charge in [-0.15, -0.1) is 0 Å². The van der Waals surface area contributed by atoms with Crippen molar-refractivity contribution in [1.82, 2.24) is 9.97 Å². The SMILES string of the molecule is Cc1cnc(NN)nc1Oc1cccc(Cl)c1F. The van der Waals surface area contributed by atoms with Crippen LogP contribution in [-0.4, -0.2) is 9.97 Å². The molecule has 1 aromatic carbocycles. The normalized spacial score (nSPS) is 10.2. The molecule has 0 atom stereocenters. The van der Waals surface area contributed by atoms with Crippen LogP contribution in [-0.2, 0) is 0 Å². The van der Waals surface area contributed by atoms with Gasteiger partial charge in [-0.1, -0.05) is 17.7 Å². The minimum absolute atomic E-state index is 0.00716. The molecule has 5 nitrogen and oxygen atoms in total. The third-order valence-electron chi connectivity index (χ3n) is 2.18. The number of rotatable bonds is 3. The molecule has 0 aliphatic heterocycles. The maximum absolute atomic E-state index is 13.7. The van der Waals surface area contributed by atoms with Crippen molar-refractivity contribution in [3.05, 3.63) is 40.8 Å². The highest BCUT2D eigenvalue weighted by Gasteiger charge is 2.11. The molecule has 0 bridgehead atoms. The number of aryl methyl sites for hydroxylation is 1. The Labute approximate surface area is 108 Å². The van der Waals surface area contributed by atoms with Crippen molar-refractivity contribution in [2.45, 2.75) is 6.92 Å². The summed E-state index contributed by atoms with van der Waals surface area (Å²) in [4.78, 5) is 7.87. The summed E-state index contributed by atoms with van der Waals surface area (Å²) in [6.45, 7) is 1.73. The molecule has 0 amide bonds. The molecule has 0 aliphatic carbocycles. The van der Waals surface area contributed by atoms with E-state index in [2.05, 4.69) is 15.4 Å². The summed E-state index contributed by atoms with van der Waals surface area (Å²) in [5.74, 6) is 4.93. The number of nitrogens with one attached hydrogen (secondary N) is 1. The number of nitrogens with zero attached hydrogens (tertiary/aromatic N) is 2. The molecule has 1 aromatic heterocycles. The third-order valence-corrected chi connectivity index (χ3v) is 2.47. The van der Waals surface area contributed by atoms with Gasteiger partial charge in [0.2, 0.25) is 11.8 Å². The number of hydrogen-bond donors (Lipinski definition) is 2. The summed E-state index contributed by atoms with van der Waals surface area (Å²) < 4.78 is 19.0. The maximum atomic E-state index is 13.7. The Bertz CT molecular complexity index is 579. The van der Waals surface area contributed by atoms with E-state index in [1.807, 2.05) is 0 Å². The van der Waals surface area contributed by atoms with Crippen LogP contribution in [0, 0.1) is 12.7 Å². The van der Waals surface area contributed by atoms with Crippen molar-refractivity contribution in [3.8, 4) is 11.6 Å². The first kappa shape index (κ1) is 12.5. The van der Waals surface area contributed by atoms with E-state index in [1.165, 1.54) is 18.3 Å². The molecule has 0 aliphatic rings. The van der Waals surface area contributed by atoms with E-state index in [0.717, 1.165) is 0 Å². The van der Waals surface area contributed by atoms with Crippen LogP contribution in [0.3, 0.4) is 0 Å². The van der Waals surface area contributed by atoms with Gasteiger partial charge in [0.05, 0.1) is 5.02 Å². The molecule has 2 rings (SSSR count). The average Bonchev–Trinajstić information content (AvgIpc) is 2.37. The van der Waals surface area contributed by atoms with Crippen LogP contribution in [0.15, 0.2) is 24.4 Å². The van der Waals surface area contributed by atoms with Gasteiger partial charge in [-0.2, -0.15) is 4.98 Å². The van der Waals surface area contributed by atoms with Gasteiger partial charge in [0.15, 0.2) is 11.6 Å². The first-order valence-corrected chi connectivity index (χ1v) is 5.41. The lowest BCUT2D eigenvalue weighted by molar-refractivity contribution is 0.424. The summed E-state index contributed by atoms with van der Waals surface area (Å²) in [6, 6.07) is 4.47. The Morgan fingerprint density at radius 1 is 1.44 bits per heavy atom. The number of anilines is 1. The molecular weight excluding hydrogens is 259 g/mol. The molecule has 7 heteroatoms. The molecule has 0 unspecified atom stereocenters. The summed E-state index contributed by atoms with van der Waals surface area (Å²) >= 11 is 5.66. The first-order chi connectivity index (χ1) is 8.61. The van der Waals surface area contributed by atoms with E-state index in [1.54, 1.807) is 13.0 Å². The van der Waals surface area contributed by atoms with Gasteiger partial charge in [-0.3, -0.25) is 5.43 Å². The highest BCUT2D eigenvalue weighted by atomic mass is 35.5. The van der Waals surface area contributed by atoms with E-state index in [-0.39, 0.29) is 22.6 Å². The van der Waals surface area contributed by atoms with Crippen molar-refractivity contribution in [3.63, 3.8) is 0 Å². The second-order valence-corrected chi connectivity index (χ2v) is 3.89. The van der Waals surface area contributed by atoms with Gasteiger partial charge < -0.3 is 4.74 Å². The molecule has 0 saturated carbocycles. The van der Waals surface area contributed by atoms with Crippen molar-refractivity contribution in [1.29, 1.82) is 0 Å². The molecule has 18 heavy (non-hydrogen) atoms. The number of hydrazine groups is 1. The number of halogens is 2. The van der Waals surface area contributed by atoms with Gasteiger partial charge in [0.1, 0.15) is 0 Å². The number of ether oxygens (including phenoxy) is 1. The highest BCUT2D eigenvalue weighted by Crippen LogP contribution is 2.29. The Kier molecular flexibility index (Phi) is 3.59. The quantitative estimate of drug-likeness (QED) is 0.661. The van der Waals surface area contributed by atoms with E-state index < -0.39 is 5.82 Å². The zero-order valence-electron chi connectivity index (χ0n) is 9.45. The molecule has 0 spiro atoms. The lowest BCUT2D eigenvalue weighted by Gasteiger charge is -2.09. The average molecular weight is 269 g/mol. The zero-order chi connectivity index (χ0) is 13.1. The lowest BCUT2D eigenvalue weighted by Crippen LogP contribution is -2.11. The minimum atomic E-state index is -0.639. The number of hydrogen-bond acceptors (Lipinski definition) is 5. The number of benzene rings is 1. The predicted molar refractivity (Wildman–Crippen MR) is 66.1 cm³/mol. The van der Waals surface area contributed by atoms with Crippen LogP contribution in [0.25, 0.3) is 0 Å². The molecule has 0 saturated heterocycles. The van der Waals surface area contributed by atoms with Crippen molar-refractivity contribution in [2.75, 3.05) is 5.43 Å². The van der Waals surface area contributed by atoms with Crippen LogP contribution in [0.1, 0.15) is 5.56 Å². The van der Waals surface area contributed by atoms with Crippen molar-refractivity contribution in [2.24, 2.45) is 5.84 Å². The highest BCUT2D eigenvalue weighted by molar-refractivity contribution is 6.30. The predicted octanol–water partition coefficient (Wildman–Crippen LogP) is 2.66. The summed E-state index contributed by atoms with van der Waals surface area (Å²) in [7, 11) is 0. The third kappa shape index (κ3) is 2.49. The van der Waals surface area contributed by atoms with Gasteiger partial charge in [0, 0.05) is 11.8 Å². The number of nitrogens with two attached hydrogens (primary N) is 1. The number of nitrogen functional groups attached to an aromatic ring is 1. The Hall–Kier alpha value is -1.92. The van der Waals surface area contributed by atoms with Crippen LogP contribution >= 0.6 is 11.6 Å². The Balaban J connectivity index is 2.36. The molecular formula is C11H10ClFN4O. The first-order valence-electron chi connectivity index (χ1n) is 5.04. The molecule has 2 aromatic rings. The van der Waals surface area contributed by atoms with E-state index in [9.17, 15) is 4.39 Å². The molecule has 3 N–H and O–H groups in total. The van der Waals surface area contributed by atoms with Gasteiger partial charge in [0.25, 0.3) is 0 Å². The molecule has 0 fully saturated rings. The standard InChI is InChI=1S/C11H10ClFN4O/c1-6-5-15-11(17-14)16-10(6)18-8-4-2-3-7(12)9(8)13/h2-5H,14H2,1H3,(H,15,16,17).